The number of rotatable bonds is 8. The van der Waals surface area contributed by atoms with Crippen LogP contribution in [0.3, 0.4) is 0 Å². The molecule has 0 radical (unpaired) electrons. The number of carbonyl (C=O) groups is 1. The van der Waals surface area contributed by atoms with Crippen LogP contribution < -0.4 is 5.32 Å². The molecule has 0 aromatic rings. The predicted molar refractivity (Wildman–Crippen MR) is 66.0 cm³/mol. The van der Waals surface area contributed by atoms with Crippen LogP contribution in [-0.4, -0.2) is 62.9 Å². The average molecular weight is 244 g/mol. The minimum atomic E-state index is -0.00558. The highest BCUT2D eigenvalue weighted by atomic mass is 16.5. The van der Waals surface area contributed by atoms with E-state index in [1.165, 1.54) is 0 Å². The summed E-state index contributed by atoms with van der Waals surface area (Å²) in [5, 5.41) is 3.28. The molecular formula is C12H24N2O3. The molecule has 0 aromatic carbocycles. The standard InChI is InChI=1S/C12H24N2O3/c1-10(2)13-11-4-5-14(12(11)15)6-7-17-9-8-16-3/h10-11,13H,4-9H2,1-3H3. The molecule has 1 N–H and O–H groups in total. The van der Waals surface area contributed by atoms with Gasteiger partial charge in [0, 0.05) is 26.2 Å². The van der Waals surface area contributed by atoms with Gasteiger partial charge < -0.3 is 19.7 Å². The molecule has 1 amide bonds. The van der Waals surface area contributed by atoms with E-state index in [9.17, 15) is 4.79 Å². The van der Waals surface area contributed by atoms with E-state index < -0.39 is 0 Å². The summed E-state index contributed by atoms with van der Waals surface area (Å²) in [6.07, 6.45) is 0.898. The van der Waals surface area contributed by atoms with E-state index in [1.54, 1.807) is 7.11 Å². The summed E-state index contributed by atoms with van der Waals surface area (Å²) < 4.78 is 10.2. The van der Waals surface area contributed by atoms with Gasteiger partial charge in [0.25, 0.3) is 0 Å². The smallest absolute Gasteiger partial charge is 0.239 e. The van der Waals surface area contributed by atoms with Gasteiger partial charge in [0.15, 0.2) is 0 Å². The lowest BCUT2D eigenvalue weighted by Crippen LogP contribution is -2.42. The number of carbonyl (C=O) groups excluding carboxylic acids is 1. The quantitative estimate of drug-likeness (QED) is 0.622. The summed E-state index contributed by atoms with van der Waals surface area (Å²) in [6, 6.07) is 0.343. The molecular weight excluding hydrogens is 220 g/mol. The number of likely N-dealkylation sites (tertiary alicyclic amines) is 1. The van der Waals surface area contributed by atoms with Crippen molar-refractivity contribution in [1.29, 1.82) is 0 Å². The molecule has 17 heavy (non-hydrogen) atoms. The first-order valence-electron chi connectivity index (χ1n) is 6.26. The third-order valence-electron chi connectivity index (χ3n) is 2.77. The van der Waals surface area contributed by atoms with Gasteiger partial charge in [0.05, 0.1) is 25.9 Å². The summed E-state index contributed by atoms with van der Waals surface area (Å²) >= 11 is 0. The fraction of sp³-hybridized carbons (Fsp3) is 0.917. The third kappa shape index (κ3) is 5.02. The van der Waals surface area contributed by atoms with Gasteiger partial charge in [-0.25, -0.2) is 0 Å². The van der Waals surface area contributed by atoms with Crippen LogP contribution in [0, 0.1) is 0 Å². The Hall–Kier alpha value is -0.650. The van der Waals surface area contributed by atoms with Crippen LogP contribution in [0.15, 0.2) is 0 Å². The van der Waals surface area contributed by atoms with E-state index in [1.807, 2.05) is 4.90 Å². The highest BCUT2D eigenvalue weighted by molar-refractivity contribution is 5.84. The Morgan fingerprint density at radius 1 is 1.41 bits per heavy atom. The minimum Gasteiger partial charge on any atom is -0.382 e. The van der Waals surface area contributed by atoms with Gasteiger partial charge in [-0.15, -0.1) is 0 Å². The third-order valence-corrected chi connectivity index (χ3v) is 2.77. The zero-order chi connectivity index (χ0) is 12.7. The number of methoxy groups -OCH3 is 1. The number of ether oxygens (including phenoxy) is 2. The van der Waals surface area contributed by atoms with Gasteiger partial charge in [-0.05, 0) is 6.42 Å². The summed E-state index contributed by atoms with van der Waals surface area (Å²) in [7, 11) is 1.65. The number of nitrogens with zero attached hydrogens (tertiary/aromatic N) is 1. The molecule has 1 rings (SSSR count). The lowest BCUT2D eigenvalue weighted by Gasteiger charge is -2.18. The molecule has 1 unspecified atom stereocenters. The second-order valence-corrected chi connectivity index (χ2v) is 4.59. The molecule has 1 aliphatic heterocycles. The maximum atomic E-state index is 11.9. The molecule has 1 aliphatic rings. The summed E-state index contributed by atoms with van der Waals surface area (Å²) in [4.78, 5) is 13.8. The van der Waals surface area contributed by atoms with Crippen LogP contribution in [-0.2, 0) is 14.3 Å². The van der Waals surface area contributed by atoms with Crippen molar-refractivity contribution < 1.29 is 14.3 Å². The monoisotopic (exact) mass is 244 g/mol. The zero-order valence-electron chi connectivity index (χ0n) is 11.1. The normalized spacial score (nSPS) is 20.6. The number of amides is 1. The van der Waals surface area contributed by atoms with E-state index in [0.29, 0.717) is 32.4 Å². The molecule has 5 heteroatoms. The number of nitrogens with one attached hydrogen (secondary N) is 1. The summed E-state index contributed by atoms with van der Waals surface area (Å²) in [5.41, 5.74) is 0. The zero-order valence-corrected chi connectivity index (χ0v) is 11.1. The fourth-order valence-corrected chi connectivity index (χ4v) is 1.94. The van der Waals surface area contributed by atoms with E-state index in [0.717, 1.165) is 13.0 Å². The lowest BCUT2D eigenvalue weighted by atomic mass is 10.2. The van der Waals surface area contributed by atoms with Crippen molar-refractivity contribution in [3.05, 3.63) is 0 Å². The van der Waals surface area contributed by atoms with Gasteiger partial charge in [0.1, 0.15) is 0 Å². The van der Waals surface area contributed by atoms with E-state index in [-0.39, 0.29) is 11.9 Å². The van der Waals surface area contributed by atoms with Crippen LogP contribution in [0.1, 0.15) is 20.3 Å². The van der Waals surface area contributed by atoms with E-state index >= 15 is 0 Å². The molecule has 1 saturated heterocycles. The molecule has 0 aliphatic carbocycles. The largest absolute Gasteiger partial charge is 0.382 e. The first-order chi connectivity index (χ1) is 8.15. The van der Waals surface area contributed by atoms with Gasteiger partial charge in [-0.3, -0.25) is 4.79 Å². The van der Waals surface area contributed by atoms with Crippen molar-refractivity contribution in [2.24, 2.45) is 0 Å². The van der Waals surface area contributed by atoms with Crippen LogP contribution in [0.4, 0.5) is 0 Å². The Morgan fingerprint density at radius 2 is 2.18 bits per heavy atom. The summed E-state index contributed by atoms with van der Waals surface area (Å²) in [6.45, 7) is 7.41. The van der Waals surface area contributed by atoms with Gasteiger partial charge in [-0.2, -0.15) is 0 Å². The van der Waals surface area contributed by atoms with Gasteiger partial charge in [0.2, 0.25) is 5.91 Å². The summed E-state index contributed by atoms with van der Waals surface area (Å²) in [5.74, 6) is 0.203. The molecule has 1 heterocycles. The van der Waals surface area contributed by atoms with Crippen LogP contribution in [0.2, 0.25) is 0 Å². The Bertz CT molecular complexity index is 234. The van der Waals surface area contributed by atoms with E-state index in [2.05, 4.69) is 19.2 Å². The van der Waals surface area contributed by atoms with E-state index in [4.69, 9.17) is 9.47 Å². The molecule has 1 atom stereocenters. The predicted octanol–water partition coefficient (Wildman–Crippen LogP) is 0.248. The van der Waals surface area contributed by atoms with Crippen LogP contribution >= 0.6 is 0 Å². The van der Waals surface area contributed by atoms with Gasteiger partial charge in [-0.1, -0.05) is 13.8 Å². The Morgan fingerprint density at radius 3 is 2.82 bits per heavy atom. The average Bonchev–Trinajstić information content (AvgIpc) is 2.60. The molecule has 0 bridgehead atoms. The molecule has 0 aromatic heterocycles. The molecule has 0 saturated carbocycles. The highest BCUT2D eigenvalue weighted by Crippen LogP contribution is 2.11. The van der Waals surface area contributed by atoms with Crippen molar-refractivity contribution >= 4 is 5.91 Å². The van der Waals surface area contributed by atoms with Crippen molar-refractivity contribution in [1.82, 2.24) is 10.2 Å². The first kappa shape index (κ1) is 14.4. The SMILES string of the molecule is COCCOCCN1CCC(NC(C)C)C1=O. The van der Waals surface area contributed by atoms with Crippen molar-refractivity contribution in [2.45, 2.75) is 32.4 Å². The van der Waals surface area contributed by atoms with Crippen molar-refractivity contribution in [3.8, 4) is 0 Å². The molecule has 0 spiro atoms. The number of hydrogen-bond acceptors (Lipinski definition) is 4. The Kier molecular flexibility index (Phi) is 6.47. The highest BCUT2D eigenvalue weighted by Gasteiger charge is 2.31. The Labute approximate surface area is 103 Å². The number of hydrogen-bond donors (Lipinski definition) is 1. The maximum absolute atomic E-state index is 11.9. The lowest BCUT2D eigenvalue weighted by molar-refractivity contribution is -0.130. The second kappa shape index (κ2) is 7.63. The maximum Gasteiger partial charge on any atom is 0.239 e. The Balaban J connectivity index is 2.16. The molecule has 100 valence electrons. The molecule has 5 nitrogen and oxygen atoms in total. The minimum absolute atomic E-state index is 0.00558. The fourth-order valence-electron chi connectivity index (χ4n) is 1.94. The van der Waals surface area contributed by atoms with Crippen LogP contribution in [0.25, 0.3) is 0 Å². The van der Waals surface area contributed by atoms with Crippen LogP contribution in [0.5, 0.6) is 0 Å². The van der Waals surface area contributed by atoms with Crippen molar-refractivity contribution in [2.75, 3.05) is 40.0 Å². The first-order valence-corrected chi connectivity index (χ1v) is 6.26. The molecule has 1 fully saturated rings. The van der Waals surface area contributed by atoms with Crippen molar-refractivity contribution in [3.63, 3.8) is 0 Å². The van der Waals surface area contributed by atoms with Gasteiger partial charge >= 0.3 is 0 Å². The topological polar surface area (TPSA) is 50.8 Å². The second-order valence-electron chi connectivity index (χ2n) is 4.59.